The molecule has 0 aromatic heterocycles. The summed E-state index contributed by atoms with van der Waals surface area (Å²) in [4.78, 5) is 12.3. The average molecular weight is 302 g/mol. The number of hydrogen-bond acceptors (Lipinski definition) is 1. The summed E-state index contributed by atoms with van der Waals surface area (Å²) in [6.07, 6.45) is 1.01. The molecule has 110 valence electrons. The third-order valence-electron chi connectivity index (χ3n) is 3.60. The first-order chi connectivity index (χ1) is 10.0. The van der Waals surface area contributed by atoms with Gasteiger partial charge in [0.25, 0.3) is 5.91 Å². The van der Waals surface area contributed by atoms with Crippen molar-refractivity contribution in [3.05, 3.63) is 69.7 Å². The second-order valence-corrected chi connectivity index (χ2v) is 5.68. The van der Waals surface area contributed by atoms with Gasteiger partial charge in [-0.25, -0.2) is 0 Å². The van der Waals surface area contributed by atoms with Crippen LogP contribution in [-0.4, -0.2) is 5.91 Å². The zero-order valence-electron chi connectivity index (χ0n) is 12.6. The fourth-order valence-corrected chi connectivity index (χ4v) is 2.52. The Labute approximate surface area is 131 Å². The fourth-order valence-electron chi connectivity index (χ4n) is 2.20. The summed E-state index contributed by atoms with van der Waals surface area (Å²) >= 11 is 6.13. The molecule has 0 saturated carbocycles. The van der Waals surface area contributed by atoms with Crippen molar-refractivity contribution in [2.75, 3.05) is 0 Å². The minimum atomic E-state index is -0.146. The van der Waals surface area contributed by atoms with Gasteiger partial charge in [-0.3, -0.25) is 4.79 Å². The van der Waals surface area contributed by atoms with E-state index in [1.165, 1.54) is 5.56 Å². The van der Waals surface area contributed by atoms with Gasteiger partial charge in [-0.2, -0.15) is 0 Å². The molecule has 0 aliphatic heterocycles. The number of carbonyl (C=O) groups excluding carboxylic acids is 1. The van der Waals surface area contributed by atoms with Crippen molar-refractivity contribution in [3.8, 4) is 0 Å². The zero-order valence-corrected chi connectivity index (χ0v) is 13.4. The van der Waals surface area contributed by atoms with Crippen molar-refractivity contribution in [1.29, 1.82) is 0 Å². The lowest BCUT2D eigenvalue weighted by Crippen LogP contribution is -2.26. The predicted octanol–water partition coefficient (Wildman–Crippen LogP) is 4.70. The topological polar surface area (TPSA) is 29.1 Å². The van der Waals surface area contributed by atoms with Gasteiger partial charge in [0, 0.05) is 0 Å². The maximum Gasteiger partial charge on any atom is 0.253 e. The lowest BCUT2D eigenvalue weighted by atomic mass is 10.0. The molecule has 0 saturated heterocycles. The van der Waals surface area contributed by atoms with E-state index < -0.39 is 0 Å². The van der Waals surface area contributed by atoms with Crippen molar-refractivity contribution in [1.82, 2.24) is 5.32 Å². The van der Waals surface area contributed by atoms with Crippen LogP contribution in [0.2, 0.25) is 5.02 Å². The molecule has 0 radical (unpaired) electrons. The van der Waals surface area contributed by atoms with Crippen LogP contribution in [0.1, 0.15) is 46.9 Å². The molecule has 0 aliphatic rings. The normalized spacial score (nSPS) is 12.0. The van der Waals surface area contributed by atoms with Crippen LogP contribution in [0.25, 0.3) is 0 Å². The van der Waals surface area contributed by atoms with Crippen molar-refractivity contribution >= 4 is 17.5 Å². The van der Waals surface area contributed by atoms with Crippen molar-refractivity contribution in [3.63, 3.8) is 0 Å². The minimum Gasteiger partial charge on any atom is -0.345 e. The molecule has 1 atom stereocenters. The Balaban J connectivity index is 2.10. The molecule has 2 aromatic rings. The molecule has 1 N–H and O–H groups in total. The van der Waals surface area contributed by atoms with Gasteiger partial charge in [0.2, 0.25) is 0 Å². The Kier molecular flexibility index (Phi) is 5.03. The number of aryl methyl sites for hydroxylation is 2. The summed E-state index contributed by atoms with van der Waals surface area (Å²) < 4.78 is 0. The van der Waals surface area contributed by atoms with E-state index in [-0.39, 0.29) is 11.9 Å². The molecule has 0 unspecified atom stereocenters. The van der Waals surface area contributed by atoms with E-state index >= 15 is 0 Å². The van der Waals surface area contributed by atoms with Gasteiger partial charge in [-0.1, -0.05) is 48.9 Å². The largest absolute Gasteiger partial charge is 0.345 e. The summed E-state index contributed by atoms with van der Waals surface area (Å²) in [5.41, 5.74) is 3.93. The highest BCUT2D eigenvalue weighted by Gasteiger charge is 2.14. The van der Waals surface area contributed by atoms with Gasteiger partial charge in [-0.15, -0.1) is 0 Å². The van der Waals surface area contributed by atoms with Crippen molar-refractivity contribution < 1.29 is 4.79 Å². The molecular formula is C18H20ClNO. The lowest BCUT2D eigenvalue weighted by Gasteiger charge is -2.15. The quantitative estimate of drug-likeness (QED) is 0.871. The molecule has 2 rings (SSSR count). The highest BCUT2D eigenvalue weighted by atomic mass is 35.5. The molecule has 2 nitrogen and oxygen atoms in total. The number of nitrogens with one attached hydrogen (secondary N) is 1. The van der Waals surface area contributed by atoms with Gasteiger partial charge >= 0.3 is 0 Å². The molecule has 21 heavy (non-hydrogen) atoms. The Hall–Kier alpha value is -1.80. The first-order valence-corrected chi connectivity index (χ1v) is 7.55. The first-order valence-electron chi connectivity index (χ1n) is 7.17. The predicted molar refractivity (Wildman–Crippen MR) is 87.9 cm³/mol. The summed E-state index contributed by atoms with van der Waals surface area (Å²) in [6.45, 7) is 6.05. The van der Waals surface area contributed by atoms with Crippen LogP contribution < -0.4 is 5.32 Å². The zero-order chi connectivity index (χ0) is 15.4. The lowest BCUT2D eigenvalue weighted by molar-refractivity contribution is 0.0940. The SMILES string of the molecule is CCc1ccc([C@@H](C)NC(=O)c2ccc(C)cc2Cl)cc1. The molecule has 0 heterocycles. The van der Waals surface area contributed by atoms with Gasteiger partial charge in [0.05, 0.1) is 16.6 Å². The standard InChI is InChI=1S/C18H20ClNO/c1-4-14-6-8-15(9-7-14)13(3)20-18(21)16-10-5-12(2)11-17(16)19/h5-11,13H,4H2,1-3H3,(H,20,21)/t13-/m1/s1. The molecule has 1 amide bonds. The van der Waals surface area contributed by atoms with Crippen LogP contribution in [0.4, 0.5) is 0 Å². The average Bonchev–Trinajstić information content (AvgIpc) is 2.47. The molecule has 0 fully saturated rings. The van der Waals surface area contributed by atoms with E-state index in [1.807, 2.05) is 19.9 Å². The summed E-state index contributed by atoms with van der Waals surface area (Å²) in [7, 11) is 0. The number of halogens is 1. The number of carbonyl (C=O) groups is 1. The Morgan fingerprint density at radius 3 is 2.43 bits per heavy atom. The van der Waals surface area contributed by atoms with Crippen LogP contribution in [0.15, 0.2) is 42.5 Å². The van der Waals surface area contributed by atoms with Crippen LogP contribution in [0.3, 0.4) is 0 Å². The van der Waals surface area contributed by atoms with Gasteiger partial charge in [0.15, 0.2) is 0 Å². The maximum atomic E-state index is 12.3. The smallest absolute Gasteiger partial charge is 0.253 e. The van der Waals surface area contributed by atoms with Gasteiger partial charge < -0.3 is 5.32 Å². The van der Waals surface area contributed by atoms with Crippen LogP contribution in [-0.2, 0) is 6.42 Å². The summed E-state index contributed by atoms with van der Waals surface area (Å²) in [5.74, 6) is -0.146. The summed E-state index contributed by atoms with van der Waals surface area (Å²) in [6, 6.07) is 13.7. The number of amides is 1. The van der Waals surface area contributed by atoms with E-state index in [9.17, 15) is 4.79 Å². The fraction of sp³-hybridized carbons (Fsp3) is 0.278. The molecule has 0 spiro atoms. The molecule has 0 bridgehead atoms. The van der Waals surface area contributed by atoms with Crippen molar-refractivity contribution in [2.45, 2.75) is 33.2 Å². The van der Waals surface area contributed by atoms with E-state index in [1.54, 1.807) is 12.1 Å². The number of hydrogen-bond donors (Lipinski definition) is 1. The van der Waals surface area contributed by atoms with Crippen LogP contribution in [0.5, 0.6) is 0 Å². The van der Waals surface area contributed by atoms with Crippen LogP contribution in [0, 0.1) is 6.92 Å². The minimum absolute atomic E-state index is 0.0548. The third kappa shape index (κ3) is 3.85. The second kappa shape index (κ2) is 6.77. The van der Waals surface area contributed by atoms with E-state index in [2.05, 4.69) is 36.5 Å². The first kappa shape index (κ1) is 15.6. The highest BCUT2D eigenvalue weighted by Crippen LogP contribution is 2.19. The molecule has 2 aromatic carbocycles. The van der Waals surface area contributed by atoms with E-state index in [0.29, 0.717) is 10.6 Å². The van der Waals surface area contributed by atoms with Gasteiger partial charge in [0.1, 0.15) is 0 Å². The second-order valence-electron chi connectivity index (χ2n) is 5.27. The highest BCUT2D eigenvalue weighted by molar-refractivity contribution is 6.33. The summed E-state index contributed by atoms with van der Waals surface area (Å²) in [5, 5.41) is 3.47. The molecule has 0 aliphatic carbocycles. The molecule has 3 heteroatoms. The maximum absolute atomic E-state index is 12.3. The van der Waals surface area contributed by atoms with Gasteiger partial charge in [-0.05, 0) is 49.1 Å². The Morgan fingerprint density at radius 1 is 1.19 bits per heavy atom. The number of rotatable bonds is 4. The van der Waals surface area contributed by atoms with E-state index in [0.717, 1.165) is 17.5 Å². The van der Waals surface area contributed by atoms with Crippen LogP contribution >= 0.6 is 11.6 Å². The van der Waals surface area contributed by atoms with E-state index in [4.69, 9.17) is 11.6 Å². The third-order valence-corrected chi connectivity index (χ3v) is 3.92. The monoisotopic (exact) mass is 301 g/mol. The number of benzene rings is 2. The van der Waals surface area contributed by atoms with Crippen molar-refractivity contribution in [2.24, 2.45) is 0 Å². The molecular weight excluding hydrogens is 282 g/mol. The Morgan fingerprint density at radius 2 is 1.86 bits per heavy atom. The Bertz CT molecular complexity index is 634.